The Kier molecular flexibility index (Phi) is 5.28. The lowest BCUT2D eigenvalue weighted by Gasteiger charge is -2.26. The molecule has 0 spiro atoms. The smallest absolute Gasteiger partial charge is 0.229 e. The van der Waals surface area contributed by atoms with Gasteiger partial charge in [-0.2, -0.15) is 0 Å². The maximum Gasteiger partial charge on any atom is 0.229 e. The summed E-state index contributed by atoms with van der Waals surface area (Å²) >= 11 is 0. The summed E-state index contributed by atoms with van der Waals surface area (Å²) in [5, 5.41) is 13.0. The van der Waals surface area contributed by atoms with Crippen LogP contribution in [0.1, 0.15) is 46.5 Å². The molecule has 0 saturated carbocycles. The molecule has 1 fully saturated rings. The van der Waals surface area contributed by atoms with E-state index in [1.807, 2.05) is 20.8 Å². The number of likely N-dealkylation sites (tertiary alicyclic amines) is 1. The van der Waals surface area contributed by atoms with Crippen molar-refractivity contribution < 1.29 is 14.7 Å². The van der Waals surface area contributed by atoms with Gasteiger partial charge in [-0.3, -0.25) is 14.5 Å². The molecular weight excluding hydrogens is 232 g/mol. The minimum atomic E-state index is -0.713. The topological polar surface area (TPSA) is 69.6 Å². The number of nitrogens with one attached hydrogen (secondary N) is 1. The standard InChI is InChI=1S/C13H24N2O3/c1-13(2,3)14-8-10(16)9-15-11(17)6-4-5-7-12(15)18/h10,14,16H,4-9H2,1-3H3. The summed E-state index contributed by atoms with van der Waals surface area (Å²) in [5.74, 6) is -0.320. The van der Waals surface area contributed by atoms with E-state index in [2.05, 4.69) is 5.32 Å². The zero-order valence-electron chi connectivity index (χ0n) is 11.5. The van der Waals surface area contributed by atoms with Crippen LogP contribution in [-0.2, 0) is 9.59 Å². The third kappa shape index (κ3) is 5.14. The quantitative estimate of drug-likeness (QED) is 0.725. The molecule has 18 heavy (non-hydrogen) atoms. The minimum absolute atomic E-state index is 0.0895. The lowest BCUT2D eigenvalue weighted by Crippen LogP contribution is -2.47. The number of imide groups is 1. The van der Waals surface area contributed by atoms with Crippen LogP contribution in [0.2, 0.25) is 0 Å². The second-order valence-corrected chi connectivity index (χ2v) is 5.89. The molecule has 0 bridgehead atoms. The number of aliphatic hydroxyl groups is 1. The van der Waals surface area contributed by atoms with Gasteiger partial charge in [-0.1, -0.05) is 0 Å². The van der Waals surface area contributed by atoms with Gasteiger partial charge in [0.15, 0.2) is 0 Å². The van der Waals surface area contributed by atoms with Gasteiger partial charge >= 0.3 is 0 Å². The minimum Gasteiger partial charge on any atom is -0.390 e. The molecule has 1 aliphatic heterocycles. The normalized spacial score (nSPS) is 19.9. The van der Waals surface area contributed by atoms with Gasteiger partial charge in [0, 0.05) is 24.9 Å². The van der Waals surface area contributed by atoms with Crippen molar-refractivity contribution in [3.63, 3.8) is 0 Å². The monoisotopic (exact) mass is 256 g/mol. The van der Waals surface area contributed by atoms with Crippen molar-refractivity contribution in [2.75, 3.05) is 13.1 Å². The van der Waals surface area contributed by atoms with Gasteiger partial charge < -0.3 is 10.4 Å². The third-order valence-corrected chi connectivity index (χ3v) is 2.89. The first-order chi connectivity index (χ1) is 8.29. The van der Waals surface area contributed by atoms with E-state index in [0.29, 0.717) is 19.4 Å². The number of β-amino-alcohol motifs (C(OH)–C–C–N with tert-alkyl or cyclic N) is 1. The van der Waals surface area contributed by atoms with Crippen molar-refractivity contribution in [3.05, 3.63) is 0 Å². The number of carbonyl (C=O) groups is 2. The number of carbonyl (C=O) groups excluding carboxylic acids is 2. The largest absolute Gasteiger partial charge is 0.390 e. The Morgan fingerprint density at radius 3 is 2.17 bits per heavy atom. The predicted octanol–water partition coefficient (Wildman–Crippen LogP) is 0.665. The van der Waals surface area contributed by atoms with Crippen LogP contribution in [0.3, 0.4) is 0 Å². The summed E-state index contributed by atoms with van der Waals surface area (Å²) < 4.78 is 0. The fourth-order valence-electron chi connectivity index (χ4n) is 1.86. The van der Waals surface area contributed by atoms with E-state index in [0.717, 1.165) is 12.8 Å². The Morgan fingerprint density at radius 1 is 1.22 bits per heavy atom. The van der Waals surface area contributed by atoms with E-state index < -0.39 is 6.10 Å². The van der Waals surface area contributed by atoms with Crippen molar-refractivity contribution in [2.45, 2.75) is 58.1 Å². The highest BCUT2D eigenvalue weighted by atomic mass is 16.3. The van der Waals surface area contributed by atoms with Crippen LogP contribution in [-0.4, -0.2) is 46.6 Å². The second kappa shape index (κ2) is 6.29. The zero-order chi connectivity index (χ0) is 13.8. The van der Waals surface area contributed by atoms with Crippen molar-refractivity contribution in [1.82, 2.24) is 10.2 Å². The van der Waals surface area contributed by atoms with Crippen LogP contribution in [0.25, 0.3) is 0 Å². The van der Waals surface area contributed by atoms with Crippen molar-refractivity contribution in [1.29, 1.82) is 0 Å². The molecule has 0 aliphatic carbocycles. The first-order valence-electron chi connectivity index (χ1n) is 6.56. The first kappa shape index (κ1) is 15.1. The summed E-state index contributed by atoms with van der Waals surface area (Å²) in [6, 6.07) is 0. The van der Waals surface area contributed by atoms with Crippen LogP contribution in [0.15, 0.2) is 0 Å². The molecule has 0 aromatic carbocycles. The molecule has 0 aromatic rings. The fourth-order valence-corrected chi connectivity index (χ4v) is 1.86. The Labute approximate surface area is 109 Å². The summed E-state index contributed by atoms with van der Waals surface area (Å²) in [7, 11) is 0. The molecule has 1 heterocycles. The molecule has 2 amide bonds. The number of hydrogen-bond acceptors (Lipinski definition) is 4. The van der Waals surface area contributed by atoms with Crippen LogP contribution in [0, 0.1) is 0 Å². The molecule has 1 rings (SSSR count). The third-order valence-electron chi connectivity index (χ3n) is 2.89. The Morgan fingerprint density at radius 2 is 1.72 bits per heavy atom. The van der Waals surface area contributed by atoms with E-state index >= 15 is 0 Å². The Hall–Kier alpha value is -0.940. The van der Waals surface area contributed by atoms with Crippen LogP contribution >= 0.6 is 0 Å². The number of amides is 2. The molecule has 104 valence electrons. The lowest BCUT2D eigenvalue weighted by molar-refractivity contribution is -0.145. The van der Waals surface area contributed by atoms with Gasteiger partial charge in [0.1, 0.15) is 0 Å². The molecule has 1 saturated heterocycles. The molecule has 5 heteroatoms. The fraction of sp³-hybridized carbons (Fsp3) is 0.846. The van der Waals surface area contributed by atoms with Crippen LogP contribution in [0.5, 0.6) is 0 Å². The predicted molar refractivity (Wildman–Crippen MR) is 69.0 cm³/mol. The average Bonchev–Trinajstić information content (AvgIpc) is 2.40. The zero-order valence-corrected chi connectivity index (χ0v) is 11.5. The van der Waals surface area contributed by atoms with Crippen molar-refractivity contribution >= 4 is 11.8 Å². The van der Waals surface area contributed by atoms with Gasteiger partial charge in [0.2, 0.25) is 11.8 Å². The van der Waals surface area contributed by atoms with Gasteiger partial charge in [0.05, 0.1) is 12.6 Å². The Bertz CT molecular complexity index is 292. The lowest BCUT2D eigenvalue weighted by atomic mass is 10.1. The summed E-state index contributed by atoms with van der Waals surface area (Å²) in [4.78, 5) is 24.7. The molecule has 0 aromatic heterocycles. The molecule has 0 radical (unpaired) electrons. The van der Waals surface area contributed by atoms with Gasteiger partial charge in [-0.25, -0.2) is 0 Å². The van der Waals surface area contributed by atoms with Gasteiger partial charge in [0.25, 0.3) is 0 Å². The first-order valence-corrected chi connectivity index (χ1v) is 6.56. The summed E-state index contributed by atoms with van der Waals surface area (Å²) in [5.41, 5.74) is -0.0895. The van der Waals surface area contributed by atoms with E-state index in [1.54, 1.807) is 0 Å². The average molecular weight is 256 g/mol. The summed E-state index contributed by atoms with van der Waals surface area (Å²) in [6.45, 7) is 6.48. The van der Waals surface area contributed by atoms with E-state index in [4.69, 9.17) is 0 Å². The van der Waals surface area contributed by atoms with Gasteiger partial charge in [-0.05, 0) is 33.6 Å². The van der Waals surface area contributed by atoms with Crippen molar-refractivity contribution in [2.24, 2.45) is 0 Å². The number of rotatable bonds is 4. The van der Waals surface area contributed by atoms with Gasteiger partial charge in [-0.15, -0.1) is 0 Å². The molecule has 1 unspecified atom stereocenters. The van der Waals surface area contributed by atoms with E-state index in [-0.39, 0.29) is 23.9 Å². The Balaban J connectivity index is 2.48. The highest BCUT2D eigenvalue weighted by molar-refractivity contribution is 5.96. The SMILES string of the molecule is CC(C)(C)NCC(O)CN1C(=O)CCCCC1=O. The molecule has 1 aliphatic rings. The van der Waals surface area contributed by atoms with Crippen LogP contribution < -0.4 is 5.32 Å². The van der Waals surface area contributed by atoms with E-state index in [9.17, 15) is 14.7 Å². The molecule has 1 atom stereocenters. The molecular formula is C13H24N2O3. The number of hydrogen-bond donors (Lipinski definition) is 2. The van der Waals surface area contributed by atoms with Crippen molar-refractivity contribution in [3.8, 4) is 0 Å². The van der Waals surface area contributed by atoms with Crippen LogP contribution in [0.4, 0.5) is 0 Å². The molecule has 5 nitrogen and oxygen atoms in total. The highest BCUT2D eigenvalue weighted by Gasteiger charge is 2.26. The second-order valence-electron chi connectivity index (χ2n) is 5.89. The maximum atomic E-state index is 11.7. The maximum absolute atomic E-state index is 11.7. The number of aliphatic hydroxyl groups excluding tert-OH is 1. The number of nitrogens with zero attached hydrogens (tertiary/aromatic N) is 1. The summed E-state index contributed by atoms with van der Waals surface area (Å²) in [6.07, 6.45) is 1.63. The molecule has 2 N–H and O–H groups in total. The highest BCUT2D eigenvalue weighted by Crippen LogP contribution is 2.13. The van der Waals surface area contributed by atoms with E-state index in [1.165, 1.54) is 4.90 Å².